The maximum absolute atomic E-state index is 14.1. The van der Waals surface area contributed by atoms with Crippen LogP contribution >= 0.6 is 0 Å². The van der Waals surface area contributed by atoms with Crippen LogP contribution in [0.2, 0.25) is 0 Å². The smallest absolute Gasteiger partial charge is 0.419 e. The van der Waals surface area contributed by atoms with Crippen LogP contribution in [0.15, 0.2) is 42.9 Å². The fourth-order valence-electron chi connectivity index (χ4n) is 5.96. The van der Waals surface area contributed by atoms with Crippen molar-refractivity contribution in [2.24, 2.45) is 11.8 Å². The van der Waals surface area contributed by atoms with Crippen LogP contribution in [-0.4, -0.2) is 98.2 Å². The first kappa shape index (κ1) is 41.1. The van der Waals surface area contributed by atoms with Crippen LogP contribution in [-0.2, 0) is 37.0 Å². The Morgan fingerprint density at radius 3 is 2.18 bits per heavy atom. The summed E-state index contributed by atoms with van der Waals surface area (Å²) in [7, 11) is -3.77. The summed E-state index contributed by atoms with van der Waals surface area (Å²) in [4.78, 5) is 45.1. The Labute approximate surface area is 296 Å². The molecule has 1 unspecified atom stereocenters. The molecule has 3 rings (SSSR count). The van der Waals surface area contributed by atoms with Gasteiger partial charge in [-0.25, -0.2) is 22.8 Å². The van der Waals surface area contributed by atoms with Gasteiger partial charge in [0.25, 0.3) is 0 Å². The molecule has 50 heavy (non-hydrogen) atoms. The molecular formula is C36H56N4O9S. The summed E-state index contributed by atoms with van der Waals surface area (Å²) < 4.78 is 32.1. The molecule has 1 aliphatic rings. The third kappa shape index (κ3) is 12.5. The number of sulfone groups is 1. The molecular weight excluding hydrogens is 664 g/mol. The molecule has 0 radical (unpaired) electrons. The zero-order valence-corrected chi connectivity index (χ0v) is 31.0. The second-order valence-electron chi connectivity index (χ2n) is 15.4. The second kappa shape index (κ2) is 17.7. The van der Waals surface area contributed by atoms with Crippen LogP contribution in [0.3, 0.4) is 0 Å². The molecule has 0 bridgehead atoms. The number of hydrogen-bond acceptors (Lipinski definition) is 10. The van der Waals surface area contributed by atoms with E-state index in [2.05, 4.69) is 15.6 Å². The van der Waals surface area contributed by atoms with Crippen molar-refractivity contribution >= 4 is 27.7 Å². The molecule has 280 valence electrons. The highest BCUT2D eigenvalue weighted by molar-refractivity contribution is 7.92. The van der Waals surface area contributed by atoms with Gasteiger partial charge in [-0.2, -0.15) is 0 Å². The number of aromatic nitrogens is 2. The van der Waals surface area contributed by atoms with E-state index in [1.54, 1.807) is 65.8 Å². The number of rotatable bonds is 15. The summed E-state index contributed by atoms with van der Waals surface area (Å²) in [6, 6.07) is 6.71. The van der Waals surface area contributed by atoms with Crippen molar-refractivity contribution in [1.82, 2.24) is 20.2 Å². The highest BCUT2D eigenvalue weighted by atomic mass is 32.2. The van der Waals surface area contributed by atoms with Gasteiger partial charge in [0.2, 0.25) is 11.8 Å². The molecule has 2 aromatic rings. The van der Waals surface area contributed by atoms with E-state index in [1.165, 1.54) is 12.5 Å². The molecule has 1 saturated carbocycles. The zero-order chi connectivity index (χ0) is 37.3. The standard InChI is InChI=1S/C36H56N4O9S/c1-35(2,3)49-34(46)40-20-27(37-23-40)19-29(33(45)38-28(31(43)30(42)21-41)18-25-15-11-8-12-16-25)39-32(44)26(17-24-13-9-7-10-14-24)22-50(47,48)36(4,5)6/h7,9-10,13-14,20,23,25-26,28-31,41-43H,8,11-12,15-19,21-22H2,1-6H3,(H,38,45)(H,39,44)/t26-,28+,29+,30?,31-/m1/s1. The van der Waals surface area contributed by atoms with Gasteiger partial charge in [0, 0.05) is 12.6 Å². The Morgan fingerprint density at radius 1 is 0.960 bits per heavy atom. The SMILES string of the molecule is CC(C)(C)OC(=O)n1cnc(C[C@H](NC(=O)[C@H](Cc2ccccc2)CS(=O)(=O)C(C)(C)C)C(=O)N[C@@H](CC2CCCCC2)[C@@H](O)C(O)CO)c1. The van der Waals surface area contributed by atoms with E-state index in [0.717, 1.165) is 42.2 Å². The molecule has 5 atom stereocenters. The molecule has 0 spiro atoms. The van der Waals surface area contributed by atoms with E-state index < -0.39 is 80.7 Å². The number of amides is 2. The highest BCUT2D eigenvalue weighted by Crippen LogP contribution is 2.29. The number of nitrogens with one attached hydrogen (secondary N) is 2. The summed E-state index contributed by atoms with van der Waals surface area (Å²) in [5, 5.41) is 36.5. The molecule has 14 heteroatoms. The van der Waals surface area contributed by atoms with Gasteiger partial charge in [0.15, 0.2) is 9.84 Å². The Morgan fingerprint density at radius 2 is 1.60 bits per heavy atom. The third-order valence-electron chi connectivity index (χ3n) is 8.97. The Balaban J connectivity index is 1.96. The number of imidazole rings is 1. The summed E-state index contributed by atoms with van der Waals surface area (Å²) in [5.41, 5.74) is 0.229. The topological polar surface area (TPSA) is 197 Å². The van der Waals surface area contributed by atoms with Crippen molar-refractivity contribution in [3.8, 4) is 0 Å². The van der Waals surface area contributed by atoms with Gasteiger partial charge >= 0.3 is 6.09 Å². The van der Waals surface area contributed by atoms with Crippen LogP contribution < -0.4 is 10.6 Å². The molecule has 0 saturated heterocycles. The minimum Gasteiger partial charge on any atom is -0.443 e. The molecule has 1 aliphatic carbocycles. The predicted molar refractivity (Wildman–Crippen MR) is 189 cm³/mol. The van der Waals surface area contributed by atoms with Crippen molar-refractivity contribution in [3.63, 3.8) is 0 Å². The number of carbonyl (C=O) groups is 3. The number of ether oxygens (including phenoxy) is 1. The molecule has 5 N–H and O–H groups in total. The van der Waals surface area contributed by atoms with Gasteiger partial charge in [0.1, 0.15) is 30.2 Å². The normalized spacial score (nSPS) is 17.6. The molecule has 1 aromatic heterocycles. The summed E-state index contributed by atoms with van der Waals surface area (Å²) >= 11 is 0. The molecule has 2 amide bonds. The molecule has 0 aliphatic heterocycles. The molecule has 1 aromatic carbocycles. The first-order valence-electron chi connectivity index (χ1n) is 17.4. The second-order valence-corrected chi connectivity index (χ2v) is 18.2. The highest BCUT2D eigenvalue weighted by Gasteiger charge is 2.37. The predicted octanol–water partition coefficient (Wildman–Crippen LogP) is 2.94. The van der Waals surface area contributed by atoms with E-state index >= 15 is 0 Å². The largest absolute Gasteiger partial charge is 0.443 e. The van der Waals surface area contributed by atoms with Crippen LogP contribution in [0, 0.1) is 11.8 Å². The number of carbonyl (C=O) groups excluding carboxylic acids is 3. The molecule has 1 fully saturated rings. The van der Waals surface area contributed by atoms with E-state index in [4.69, 9.17) is 4.74 Å². The Bertz CT molecular complexity index is 1510. The first-order valence-corrected chi connectivity index (χ1v) is 19.0. The van der Waals surface area contributed by atoms with E-state index in [-0.39, 0.29) is 24.5 Å². The fraction of sp³-hybridized carbons (Fsp3) is 0.667. The first-order chi connectivity index (χ1) is 23.3. The van der Waals surface area contributed by atoms with Crippen LogP contribution in [0.4, 0.5) is 4.79 Å². The third-order valence-corrected chi connectivity index (χ3v) is 11.7. The number of aliphatic hydroxyl groups excluding tert-OH is 3. The number of hydrogen-bond donors (Lipinski definition) is 5. The minimum absolute atomic E-state index is 0.0926. The van der Waals surface area contributed by atoms with Crippen LogP contribution in [0.1, 0.15) is 91.3 Å². The van der Waals surface area contributed by atoms with Crippen LogP contribution in [0.25, 0.3) is 0 Å². The monoisotopic (exact) mass is 720 g/mol. The van der Waals surface area contributed by atoms with Crippen molar-refractivity contribution in [2.75, 3.05) is 12.4 Å². The summed E-state index contributed by atoms with van der Waals surface area (Å²) in [5.74, 6) is -2.73. The maximum atomic E-state index is 14.1. The minimum atomic E-state index is -3.77. The van der Waals surface area contributed by atoms with Crippen molar-refractivity contribution < 1.29 is 42.9 Å². The van der Waals surface area contributed by atoms with Gasteiger partial charge in [-0.05, 0) is 65.9 Å². The van der Waals surface area contributed by atoms with E-state index in [1.807, 2.05) is 6.07 Å². The van der Waals surface area contributed by atoms with E-state index in [9.17, 15) is 38.1 Å². The van der Waals surface area contributed by atoms with Gasteiger partial charge in [-0.15, -0.1) is 0 Å². The lowest BCUT2D eigenvalue weighted by Gasteiger charge is -2.33. The maximum Gasteiger partial charge on any atom is 0.419 e. The van der Waals surface area contributed by atoms with Crippen molar-refractivity contribution in [3.05, 3.63) is 54.1 Å². The van der Waals surface area contributed by atoms with Gasteiger partial charge in [-0.3, -0.25) is 9.59 Å². The van der Waals surface area contributed by atoms with Crippen molar-refractivity contribution in [2.45, 2.75) is 128 Å². The van der Waals surface area contributed by atoms with Crippen molar-refractivity contribution in [1.29, 1.82) is 0 Å². The number of nitrogens with zero attached hydrogens (tertiary/aromatic N) is 2. The molecule has 1 heterocycles. The van der Waals surface area contributed by atoms with Gasteiger partial charge in [-0.1, -0.05) is 62.4 Å². The van der Waals surface area contributed by atoms with Gasteiger partial charge in [0.05, 0.1) is 34.8 Å². The fourth-order valence-corrected chi connectivity index (χ4v) is 7.26. The average molecular weight is 721 g/mol. The lowest BCUT2D eigenvalue weighted by atomic mass is 9.83. The summed E-state index contributed by atoms with van der Waals surface area (Å²) in [6.07, 6.45) is 4.05. The lowest BCUT2D eigenvalue weighted by molar-refractivity contribution is -0.132. The lowest BCUT2D eigenvalue weighted by Crippen LogP contribution is -2.57. The Kier molecular flexibility index (Phi) is 14.6. The molecule has 13 nitrogen and oxygen atoms in total. The van der Waals surface area contributed by atoms with Gasteiger partial charge < -0.3 is 30.7 Å². The number of benzene rings is 1. The van der Waals surface area contributed by atoms with E-state index in [0.29, 0.717) is 6.42 Å². The Hall–Kier alpha value is -3.33. The van der Waals surface area contributed by atoms with Crippen LogP contribution in [0.5, 0.6) is 0 Å². The zero-order valence-electron chi connectivity index (χ0n) is 30.2. The number of aliphatic hydroxyl groups is 3. The average Bonchev–Trinajstić information content (AvgIpc) is 3.51. The quantitative estimate of drug-likeness (QED) is 0.182. The summed E-state index contributed by atoms with van der Waals surface area (Å²) in [6.45, 7) is 9.13.